The minimum Gasteiger partial charge on any atom is -0.369 e. The van der Waals surface area contributed by atoms with Crippen LogP contribution in [-0.4, -0.2) is 43.5 Å². The molecule has 1 N–H and O–H groups in total. The molecular formula is C18H20Cl3N3O. The van der Waals surface area contributed by atoms with Crippen LogP contribution in [-0.2, 0) is 4.79 Å². The molecule has 1 aliphatic rings. The molecule has 0 unspecified atom stereocenters. The molecule has 0 aromatic heterocycles. The summed E-state index contributed by atoms with van der Waals surface area (Å²) in [5.41, 5.74) is 1.78. The van der Waals surface area contributed by atoms with Gasteiger partial charge in [0.25, 0.3) is 0 Å². The van der Waals surface area contributed by atoms with Gasteiger partial charge in [-0.2, -0.15) is 0 Å². The Balaban J connectivity index is 0.00000225. The summed E-state index contributed by atoms with van der Waals surface area (Å²) in [5, 5.41) is 3.64. The van der Waals surface area contributed by atoms with E-state index in [1.54, 1.807) is 18.2 Å². The smallest absolute Gasteiger partial charge is 0.238 e. The Bertz CT molecular complexity index is 704. The fourth-order valence-electron chi connectivity index (χ4n) is 2.80. The number of halogens is 3. The van der Waals surface area contributed by atoms with E-state index in [0.717, 1.165) is 26.2 Å². The molecule has 2 aromatic rings. The molecule has 7 heteroatoms. The van der Waals surface area contributed by atoms with Crippen molar-refractivity contribution in [1.29, 1.82) is 0 Å². The second-order valence-corrected chi connectivity index (χ2v) is 6.53. The van der Waals surface area contributed by atoms with Crippen LogP contribution in [0.2, 0.25) is 10.0 Å². The molecule has 1 fully saturated rings. The Morgan fingerprint density at radius 1 is 0.960 bits per heavy atom. The third kappa shape index (κ3) is 5.25. The van der Waals surface area contributed by atoms with E-state index in [4.69, 9.17) is 23.2 Å². The van der Waals surface area contributed by atoms with Crippen molar-refractivity contribution in [3.8, 4) is 0 Å². The fraction of sp³-hybridized carbons (Fsp3) is 0.278. The summed E-state index contributed by atoms with van der Waals surface area (Å²) in [4.78, 5) is 16.7. The van der Waals surface area contributed by atoms with Crippen molar-refractivity contribution in [1.82, 2.24) is 4.90 Å². The molecule has 0 atom stereocenters. The number of carbonyl (C=O) groups is 1. The summed E-state index contributed by atoms with van der Waals surface area (Å²) < 4.78 is 0. The van der Waals surface area contributed by atoms with E-state index in [0.29, 0.717) is 22.3 Å². The summed E-state index contributed by atoms with van der Waals surface area (Å²) in [6.45, 7) is 3.88. The lowest BCUT2D eigenvalue weighted by atomic mass is 10.2. The first-order chi connectivity index (χ1) is 11.6. The van der Waals surface area contributed by atoms with E-state index in [1.165, 1.54) is 5.69 Å². The molecule has 25 heavy (non-hydrogen) atoms. The number of rotatable bonds is 4. The first kappa shape index (κ1) is 19.9. The van der Waals surface area contributed by atoms with E-state index in [1.807, 2.05) is 18.2 Å². The van der Waals surface area contributed by atoms with Crippen LogP contribution >= 0.6 is 35.6 Å². The van der Waals surface area contributed by atoms with E-state index in [-0.39, 0.29) is 18.3 Å². The molecular weight excluding hydrogens is 381 g/mol. The number of piperazine rings is 1. The lowest BCUT2D eigenvalue weighted by Gasteiger charge is -2.35. The topological polar surface area (TPSA) is 35.6 Å². The normalized spacial score (nSPS) is 14.7. The Labute approximate surface area is 164 Å². The van der Waals surface area contributed by atoms with Gasteiger partial charge in [-0.05, 0) is 24.3 Å². The lowest BCUT2D eigenvalue weighted by Crippen LogP contribution is -2.48. The SMILES string of the molecule is Cl.O=C(CN1CCN(c2ccccc2)CC1)Nc1cccc(Cl)c1Cl. The van der Waals surface area contributed by atoms with Crippen molar-refractivity contribution in [3.05, 3.63) is 58.6 Å². The largest absolute Gasteiger partial charge is 0.369 e. The predicted molar refractivity (Wildman–Crippen MR) is 107 cm³/mol. The molecule has 0 radical (unpaired) electrons. The molecule has 3 rings (SSSR count). The molecule has 0 saturated carbocycles. The summed E-state index contributed by atoms with van der Waals surface area (Å²) in [7, 11) is 0. The van der Waals surface area contributed by atoms with Gasteiger partial charge in [0.05, 0.1) is 22.3 Å². The van der Waals surface area contributed by atoms with Crippen LogP contribution in [0, 0.1) is 0 Å². The van der Waals surface area contributed by atoms with Gasteiger partial charge < -0.3 is 10.2 Å². The highest BCUT2D eigenvalue weighted by atomic mass is 35.5. The number of benzene rings is 2. The number of hydrogen-bond acceptors (Lipinski definition) is 3. The van der Waals surface area contributed by atoms with Gasteiger partial charge in [0, 0.05) is 31.9 Å². The van der Waals surface area contributed by atoms with Crippen molar-refractivity contribution in [3.63, 3.8) is 0 Å². The highest BCUT2D eigenvalue weighted by Crippen LogP contribution is 2.29. The maximum absolute atomic E-state index is 12.2. The van der Waals surface area contributed by atoms with Crippen molar-refractivity contribution < 1.29 is 4.79 Å². The van der Waals surface area contributed by atoms with Crippen LogP contribution in [0.4, 0.5) is 11.4 Å². The van der Waals surface area contributed by atoms with Crippen molar-refractivity contribution >= 4 is 52.9 Å². The number of carbonyl (C=O) groups excluding carboxylic acids is 1. The first-order valence-electron chi connectivity index (χ1n) is 7.90. The molecule has 0 aliphatic carbocycles. The highest BCUT2D eigenvalue weighted by molar-refractivity contribution is 6.44. The van der Waals surface area contributed by atoms with Gasteiger partial charge in [-0.25, -0.2) is 0 Å². The summed E-state index contributed by atoms with van der Waals surface area (Å²) in [6, 6.07) is 15.6. The maximum Gasteiger partial charge on any atom is 0.238 e. The van der Waals surface area contributed by atoms with Crippen LogP contribution < -0.4 is 10.2 Å². The molecule has 1 aliphatic heterocycles. The van der Waals surface area contributed by atoms with Gasteiger partial charge in [0.2, 0.25) is 5.91 Å². The van der Waals surface area contributed by atoms with Gasteiger partial charge in [-0.1, -0.05) is 47.5 Å². The molecule has 4 nitrogen and oxygen atoms in total. The quantitative estimate of drug-likeness (QED) is 0.836. The third-order valence-corrected chi connectivity index (χ3v) is 4.91. The molecule has 1 saturated heterocycles. The number of amides is 1. The zero-order valence-electron chi connectivity index (χ0n) is 13.6. The number of anilines is 2. The van der Waals surface area contributed by atoms with Gasteiger partial charge in [0.1, 0.15) is 0 Å². The average molecular weight is 401 g/mol. The number of hydrogen-bond donors (Lipinski definition) is 1. The van der Waals surface area contributed by atoms with Crippen LogP contribution in [0.1, 0.15) is 0 Å². The zero-order chi connectivity index (χ0) is 16.9. The highest BCUT2D eigenvalue weighted by Gasteiger charge is 2.19. The molecule has 1 heterocycles. The zero-order valence-corrected chi connectivity index (χ0v) is 15.9. The average Bonchev–Trinajstić information content (AvgIpc) is 2.60. The minimum absolute atomic E-state index is 0. The summed E-state index contributed by atoms with van der Waals surface area (Å²) >= 11 is 12.1. The van der Waals surface area contributed by atoms with Gasteiger partial charge in [-0.3, -0.25) is 9.69 Å². The third-order valence-electron chi connectivity index (χ3n) is 4.09. The summed E-state index contributed by atoms with van der Waals surface area (Å²) in [5.74, 6) is -0.0765. The Kier molecular flexibility index (Phi) is 7.38. The maximum atomic E-state index is 12.2. The molecule has 134 valence electrons. The predicted octanol–water partition coefficient (Wildman–Crippen LogP) is 4.18. The molecule has 2 aromatic carbocycles. The number of nitrogens with one attached hydrogen (secondary N) is 1. The van der Waals surface area contributed by atoms with Gasteiger partial charge in [0.15, 0.2) is 0 Å². The Morgan fingerprint density at radius 3 is 2.32 bits per heavy atom. The van der Waals surface area contributed by atoms with E-state index in [2.05, 4.69) is 27.2 Å². The van der Waals surface area contributed by atoms with E-state index < -0.39 is 0 Å². The van der Waals surface area contributed by atoms with Crippen molar-refractivity contribution in [2.45, 2.75) is 0 Å². The van der Waals surface area contributed by atoms with Crippen LogP contribution in [0.15, 0.2) is 48.5 Å². The number of nitrogens with zero attached hydrogens (tertiary/aromatic N) is 2. The lowest BCUT2D eigenvalue weighted by molar-refractivity contribution is -0.117. The second kappa shape index (κ2) is 9.30. The van der Waals surface area contributed by atoms with Gasteiger partial charge >= 0.3 is 0 Å². The van der Waals surface area contributed by atoms with Crippen molar-refractivity contribution in [2.24, 2.45) is 0 Å². The van der Waals surface area contributed by atoms with Crippen LogP contribution in [0.3, 0.4) is 0 Å². The summed E-state index contributed by atoms with van der Waals surface area (Å²) in [6.07, 6.45) is 0. The molecule has 1 amide bonds. The monoisotopic (exact) mass is 399 g/mol. The van der Waals surface area contributed by atoms with Crippen molar-refractivity contribution in [2.75, 3.05) is 42.9 Å². The second-order valence-electron chi connectivity index (χ2n) is 5.75. The molecule has 0 bridgehead atoms. The van der Waals surface area contributed by atoms with E-state index >= 15 is 0 Å². The number of para-hydroxylation sites is 1. The van der Waals surface area contributed by atoms with Crippen LogP contribution in [0.25, 0.3) is 0 Å². The molecule has 0 spiro atoms. The Morgan fingerprint density at radius 2 is 1.64 bits per heavy atom. The Hall–Kier alpha value is -1.46. The van der Waals surface area contributed by atoms with Gasteiger partial charge in [-0.15, -0.1) is 12.4 Å². The standard InChI is InChI=1S/C18H19Cl2N3O.ClH/c19-15-7-4-8-16(18(15)20)21-17(24)13-22-9-11-23(12-10-22)14-5-2-1-3-6-14;/h1-8H,9-13H2,(H,21,24);1H. The van der Waals surface area contributed by atoms with Crippen LogP contribution in [0.5, 0.6) is 0 Å². The first-order valence-corrected chi connectivity index (χ1v) is 8.65. The van der Waals surface area contributed by atoms with E-state index in [9.17, 15) is 4.79 Å². The minimum atomic E-state index is -0.0765. The fourth-order valence-corrected chi connectivity index (χ4v) is 3.14.